The lowest BCUT2D eigenvalue weighted by atomic mass is 10.1. The van der Waals surface area contributed by atoms with Gasteiger partial charge < -0.3 is 5.32 Å². The second-order valence-corrected chi connectivity index (χ2v) is 2.73. The second-order valence-electron chi connectivity index (χ2n) is 2.73. The first-order valence-corrected chi connectivity index (χ1v) is 4.85. The average Bonchev–Trinajstić information content (AvgIpc) is 2.21. The van der Waals surface area contributed by atoms with Gasteiger partial charge in [-0.25, -0.2) is 0 Å². The van der Waals surface area contributed by atoms with E-state index < -0.39 is 11.7 Å². The Hall–Kier alpha value is -1.03. The predicted molar refractivity (Wildman–Crippen MR) is 55.6 cm³/mol. The highest BCUT2D eigenvalue weighted by Crippen LogP contribution is 2.28. The molecule has 0 aliphatic carbocycles. The van der Waals surface area contributed by atoms with Crippen LogP contribution in [0.5, 0.6) is 0 Å². The number of hydrogen-bond acceptors (Lipinski definition) is 1. The van der Waals surface area contributed by atoms with Crippen LogP contribution in [-0.2, 0) is 12.7 Å². The van der Waals surface area contributed by atoms with Crippen molar-refractivity contribution in [3.8, 4) is 0 Å². The van der Waals surface area contributed by atoms with Gasteiger partial charge in [0, 0.05) is 6.54 Å². The van der Waals surface area contributed by atoms with Crippen LogP contribution in [-0.4, -0.2) is 7.05 Å². The quantitative estimate of drug-likeness (QED) is 0.803. The number of benzene rings is 1. The monoisotopic (exact) mass is 219 g/mol. The summed E-state index contributed by atoms with van der Waals surface area (Å²) in [6.45, 7) is 4.58. The molecule has 0 radical (unpaired) electrons. The highest BCUT2D eigenvalue weighted by atomic mass is 19.4. The van der Waals surface area contributed by atoms with Gasteiger partial charge in [0.25, 0.3) is 0 Å². The molecule has 0 aliphatic rings. The van der Waals surface area contributed by atoms with Gasteiger partial charge in [-0.15, -0.1) is 0 Å². The van der Waals surface area contributed by atoms with E-state index in [0.29, 0.717) is 6.54 Å². The summed E-state index contributed by atoms with van der Waals surface area (Å²) in [4.78, 5) is 0. The fourth-order valence-corrected chi connectivity index (χ4v) is 1.02. The third-order valence-corrected chi connectivity index (χ3v) is 1.66. The number of alkyl halides is 3. The van der Waals surface area contributed by atoms with Gasteiger partial charge in [0.2, 0.25) is 0 Å². The molecule has 0 saturated carbocycles. The third-order valence-electron chi connectivity index (χ3n) is 1.66. The molecule has 0 aromatic heterocycles. The summed E-state index contributed by atoms with van der Waals surface area (Å²) in [6.07, 6.45) is -4.24. The number of nitrogens with one attached hydrogen (secondary N) is 1. The van der Waals surface area contributed by atoms with E-state index in [2.05, 4.69) is 5.32 Å². The molecule has 0 aliphatic heterocycles. The molecule has 4 heteroatoms. The highest BCUT2D eigenvalue weighted by Gasteiger charge is 2.29. The maximum absolute atomic E-state index is 12.1. The Bertz CT molecular complexity index is 264. The zero-order valence-corrected chi connectivity index (χ0v) is 9.15. The van der Waals surface area contributed by atoms with Gasteiger partial charge in [0.15, 0.2) is 0 Å². The van der Waals surface area contributed by atoms with E-state index in [0.717, 1.165) is 17.7 Å². The van der Waals surface area contributed by atoms with Crippen molar-refractivity contribution >= 4 is 0 Å². The van der Waals surface area contributed by atoms with Crippen LogP contribution in [0, 0.1) is 0 Å². The van der Waals surface area contributed by atoms with Gasteiger partial charge in [-0.05, 0) is 24.7 Å². The van der Waals surface area contributed by atoms with Gasteiger partial charge in [-0.2, -0.15) is 13.2 Å². The van der Waals surface area contributed by atoms with Crippen molar-refractivity contribution in [3.63, 3.8) is 0 Å². The fourth-order valence-electron chi connectivity index (χ4n) is 1.02. The van der Waals surface area contributed by atoms with Crippen LogP contribution in [0.4, 0.5) is 13.2 Å². The van der Waals surface area contributed by atoms with Crippen LogP contribution in [0.1, 0.15) is 25.0 Å². The van der Waals surface area contributed by atoms with E-state index in [-0.39, 0.29) is 0 Å². The van der Waals surface area contributed by atoms with Gasteiger partial charge in [-0.3, -0.25) is 0 Å². The van der Waals surface area contributed by atoms with Crippen molar-refractivity contribution in [1.29, 1.82) is 0 Å². The molecule has 0 fully saturated rings. The Labute approximate surface area is 88.3 Å². The lowest BCUT2D eigenvalue weighted by Crippen LogP contribution is -2.07. The highest BCUT2D eigenvalue weighted by molar-refractivity contribution is 5.24. The number of halogens is 3. The molecular formula is C11H16F3N. The minimum absolute atomic E-state index is 0.581. The van der Waals surface area contributed by atoms with Crippen molar-refractivity contribution < 1.29 is 13.2 Å². The van der Waals surface area contributed by atoms with Crippen LogP contribution in [0.25, 0.3) is 0 Å². The van der Waals surface area contributed by atoms with E-state index in [1.807, 2.05) is 13.8 Å². The topological polar surface area (TPSA) is 12.0 Å². The minimum Gasteiger partial charge on any atom is -0.316 e. The summed E-state index contributed by atoms with van der Waals surface area (Å²) in [7, 11) is 1.75. The average molecular weight is 219 g/mol. The summed E-state index contributed by atoms with van der Waals surface area (Å²) >= 11 is 0. The molecule has 0 bridgehead atoms. The Morgan fingerprint density at radius 2 is 1.53 bits per heavy atom. The first-order chi connectivity index (χ1) is 7.04. The number of rotatable bonds is 2. The molecule has 15 heavy (non-hydrogen) atoms. The zero-order chi connectivity index (χ0) is 11.9. The Morgan fingerprint density at radius 1 is 1.07 bits per heavy atom. The molecule has 1 aromatic carbocycles. The van der Waals surface area contributed by atoms with Gasteiger partial charge in [0.1, 0.15) is 0 Å². The van der Waals surface area contributed by atoms with Gasteiger partial charge >= 0.3 is 6.18 Å². The minimum atomic E-state index is -4.24. The van der Waals surface area contributed by atoms with Gasteiger partial charge in [-0.1, -0.05) is 26.0 Å². The van der Waals surface area contributed by atoms with E-state index in [1.54, 1.807) is 7.05 Å². The summed E-state index contributed by atoms with van der Waals surface area (Å²) in [6, 6.07) is 5.12. The second kappa shape index (κ2) is 6.45. The molecule has 0 spiro atoms. The molecule has 0 amide bonds. The smallest absolute Gasteiger partial charge is 0.316 e. The van der Waals surface area contributed by atoms with Crippen molar-refractivity contribution in [2.24, 2.45) is 0 Å². The molecule has 0 atom stereocenters. The summed E-state index contributed by atoms with van der Waals surface area (Å²) in [5.41, 5.74) is 0.239. The zero-order valence-electron chi connectivity index (χ0n) is 9.15. The number of hydrogen-bond donors (Lipinski definition) is 1. The third kappa shape index (κ3) is 4.83. The van der Waals surface area contributed by atoms with Crippen molar-refractivity contribution in [1.82, 2.24) is 5.32 Å². The van der Waals surface area contributed by atoms with Crippen LogP contribution in [0.3, 0.4) is 0 Å². The molecule has 1 N–H and O–H groups in total. The van der Waals surface area contributed by atoms with E-state index in [4.69, 9.17) is 0 Å². The van der Waals surface area contributed by atoms with E-state index in [1.165, 1.54) is 12.1 Å². The molecule has 0 heterocycles. The summed E-state index contributed by atoms with van der Waals surface area (Å²) in [5, 5.41) is 2.86. The van der Waals surface area contributed by atoms with Gasteiger partial charge in [0.05, 0.1) is 5.56 Å². The molecule has 0 unspecified atom stereocenters. The Kier molecular flexibility index (Phi) is 6.01. The van der Waals surface area contributed by atoms with E-state index in [9.17, 15) is 13.2 Å². The summed E-state index contributed by atoms with van der Waals surface area (Å²) < 4.78 is 36.3. The van der Waals surface area contributed by atoms with E-state index >= 15 is 0 Å². The van der Waals surface area contributed by atoms with Crippen LogP contribution >= 0.6 is 0 Å². The van der Waals surface area contributed by atoms with Crippen molar-refractivity contribution in [2.75, 3.05) is 7.05 Å². The molecule has 0 saturated heterocycles. The van der Waals surface area contributed by atoms with Crippen molar-refractivity contribution in [3.05, 3.63) is 35.4 Å². The Balaban J connectivity index is 0.000000921. The molecule has 1 nitrogen and oxygen atoms in total. The molecule has 86 valence electrons. The van der Waals surface area contributed by atoms with Crippen LogP contribution in [0.2, 0.25) is 0 Å². The fraction of sp³-hybridized carbons (Fsp3) is 0.455. The van der Waals surface area contributed by atoms with Crippen LogP contribution < -0.4 is 5.32 Å². The Morgan fingerprint density at radius 3 is 1.87 bits per heavy atom. The molecule has 1 aromatic rings. The first kappa shape index (κ1) is 14.0. The predicted octanol–water partition coefficient (Wildman–Crippen LogP) is 3.45. The molecule has 1 rings (SSSR count). The first-order valence-electron chi connectivity index (χ1n) is 4.85. The standard InChI is InChI=1S/C9H10F3N.C2H6/c1-13-6-7-2-4-8(5-3-7)9(10,11)12;1-2/h2-5,13H,6H2,1H3;1-2H3. The van der Waals surface area contributed by atoms with Crippen LogP contribution in [0.15, 0.2) is 24.3 Å². The maximum atomic E-state index is 12.1. The van der Waals surface area contributed by atoms with Crippen molar-refractivity contribution in [2.45, 2.75) is 26.6 Å². The maximum Gasteiger partial charge on any atom is 0.416 e. The summed E-state index contributed by atoms with van der Waals surface area (Å²) in [5.74, 6) is 0. The normalized spacial score (nSPS) is 10.5. The molecular weight excluding hydrogens is 203 g/mol. The lowest BCUT2D eigenvalue weighted by molar-refractivity contribution is -0.137. The SMILES string of the molecule is CC.CNCc1ccc(C(F)(F)F)cc1. The largest absolute Gasteiger partial charge is 0.416 e. The lowest BCUT2D eigenvalue weighted by Gasteiger charge is -2.06.